The predicted molar refractivity (Wildman–Crippen MR) is 77.9 cm³/mol. The Hall–Kier alpha value is -1.37. The molecule has 2 rings (SSSR count). The van der Waals surface area contributed by atoms with Gasteiger partial charge in [0.1, 0.15) is 6.04 Å². The van der Waals surface area contributed by atoms with Gasteiger partial charge in [0.05, 0.1) is 16.9 Å². The molecule has 3 N–H and O–H groups in total. The standard InChI is InChI=1S/C12H12BrClN4O/c1-18-6-7(5-16-18)11(15)12(19)17-10-4-8(13)2-3-9(10)14/h2-6,11H,15H2,1H3,(H,17,19). The van der Waals surface area contributed by atoms with Crippen LogP contribution >= 0.6 is 27.5 Å². The molecule has 0 aliphatic carbocycles. The van der Waals surface area contributed by atoms with Crippen LogP contribution in [0.25, 0.3) is 0 Å². The summed E-state index contributed by atoms with van der Waals surface area (Å²) < 4.78 is 2.41. The van der Waals surface area contributed by atoms with E-state index in [2.05, 4.69) is 26.3 Å². The zero-order valence-electron chi connectivity index (χ0n) is 10.1. The van der Waals surface area contributed by atoms with Crippen LogP contribution in [0, 0.1) is 0 Å². The fourth-order valence-corrected chi connectivity index (χ4v) is 2.08. The van der Waals surface area contributed by atoms with Gasteiger partial charge in [0.25, 0.3) is 0 Å². The van der Waals surface area contributed by atoms with Gasteiger partial charge in [-0.3, -0.25) is 9.48 Å². The van der Waals surface area contributed by atoms with Crippen molar-refractivity contribution in [3.8, 4) is 0 Å². The average Bonchev–Trinajstić information content (AvgIpc) is 2.79. The minimum absolute atomic E-state index is 0.340. The molecule has 5 nitrogen and oxygen atoms in total. The second kappa shape index (κ2) is 5.73. The van der Waals surface area contributed by atoms with Crippen molar-refractivity contribution in [3.63, 3.8) is 0 Å². The minimum atomic E-state index is -0.788. The molecule has 1 aromatic heterocycles. The van der Waals surface area contributed by atoms with Crippen LogP contribution in [0.5, 0.6) is 0 Å². The smallest absolute Gasteiger partial charge is 0.246 e. The summed E-state index contributed by atoms with van der Waals surface area (Å²) in [5, 5.41) is 7.13. The maximum Gasteiger partial charge on any atom is 0.246 e. The Labute approximate surface area is 123 Å². The number of hydrogen-bond donors (Lipinski definition) is 2. The molecule has 0 bridgehead atoms. The second-order valence-electron chi connectivity index (χ2n) is 4.04. The monoisotopic (exact) mass is 342 g/mol. The summed E-state index contributed by atoms with van der Waals surface area (Å²) >= 11 is 9.32. The highest BCUT2D eigenvalue weighted by Gasteiger charge is 2.18. The van der Waals surface area contributed by atoms with Crippen LogP contribution in [0.4, 0.5) is 5.69 Å². The highest BCUT2D eigenvalue weighted by Crippen LogP contribution is 2.26. The first kappa shape index (κ1) is 14.0. The van der Waals surface area contributed by atoms with E-state index >= 15 is 0 Å². The third-order valence-electron chi connectivity index (χ3n) is 2.55. The normalized spacial score (nSPS) is 12.2. The molecule has 0 spiro atoms. The Balaban J connectivity index is 2.14. The molecule has 0 radical (unpaired) electrons. The lowest BCUT2D eigenvalue weighted by Crippen LogP contribution is -2.27. The number of aryl methyl sites for hydroxylation is 1. The number of carbonyl (C=O) groups excluding carboxylic acids is 1. The van der Waals surface area contributed by atoms with Crippen LogP contribution < -0.4 is 11.1 Å². The van der Waals surface area contributed by atoms with E-state index in [-0.39, 0.29) is 5.91 Å². The summed E-state index contributed by atoms with van der Waals surface area (Å²) in [4.78, 5) is 12.0. The topological polar surface area (TPSA) is 72.9 Å². The third-order valence-corrected chi connectivity index (χ3v) is 3.38. The highest BCUT2D eigenvalue weighted by atomic mass is 79.9. The molecule has 100 valence electrons. The number of carbonyl (C=O) groups is 1. The Kier molecular flexibility index (Phi) is 4.24. The van der Waals surface area contributed by atoms with E-state index in [0.717, 1.165) is 4.47 Å². The van der Waals surface area contributed by atoms with Gasteiger partial charge in [0, 0.05) is 23.3 Å². The molecule has 0 fully saturated rings. The molecule has 1 heterocycles. The van der Waals surface area contributed by atoms with E-state index < -0.39 is 6.04 Å². The summed E-state index contributed by atoms with van der Waals surface area (Å²) in [7, 11) is 1.76. The zero-order chi connectivity index (χ0) is 14.0. The Morgan fingerprint density at radius 3 is 2.95 bits per heavy atom. The van der Waals surface area contributed by atoms with Gasteiger partial charge in [-0.25, -0.2) is 0 Å². The Morgan fingerprint density at radius 2 is 2.32 bits per heavy atom. The van der Waals surface area contributed by atoms with Crippen molar-refractivity contribution in [1.82, 2.24) is 9.78 Å². The number of benzene rings is 1. The van der Waals surface area contributed by atoms with Crippen LogP contribution in [-0.2, 0) is 11.8 Å². The van der Waals surface area contributed by atoms with Crippen LogP contribution in [-0.4, -0.2) is 15.7 Å². The summed E-state index contributed by atoms with van der Waals surface area (Å²) in [5.41, 5.74) is 7.03. The molecule has 19 heavy (non-hydrogen) atoms. The van der Waals surface area contributed by atoms with E-state index in [4.69, 9.17) is 17.3 Å². The summed E-state index contributed by atoms with van der Waals surface area (Å²) in [6.45, 7) is 0. The minimum Gasteiger partial charge on any atom is -0.323 e. The van der Waals surface area contributed by atoms with E-state index in [0.29, 0.717) is 16.3 Å². The number of halogens is 2. The van der Waals surface area contributed by atoms with Crippen molar-refractivity contribution >= 4 is 39.1 Å². The molecule has 1 atom stereocenters. The quantitative estimate of drug-likeness (QED) is 0.899. The van der Waals surface area contributed by atoms with Gasteiger partial charge in [-0.1, -0.05) is 27.5 Å². The van der Waals surface area contributed by atoms with Crippen LogP contribution in [0.1, 0.15) is 11.6 Å². The Morgan fingerprint density at radius 1 is 1.58 bits per heavy atom. The first-order valence-electron chi connectivity index (χ1n) is 5.47. The molecule has 1 amide bonds. The lowest BCUT2D eigenvalue weighted by atomic mass is 10.1. The number of rotatable bonds is 3. The average molecular weight is 344 g/mol. The molecule has 7 heteroatoms. The van der Waals surface area contributed by atoms with Crippen molar-refractivity contribution in [2.75, 3.05) is 5.32 Å². The highest BCUT2D eigenvalue weighted by molar-refractivity contribution is 9.10. The second-order valence-corrected chi connectivity index (χ2v) is 5.36. The number of hydrogen-bond acceptors (Lipinski definition) is 3. The molecule has 0 saturated heterocycles. The summed E-state index contributed by atoms with van der Waals surface area (Å²) in [6, 6.07) is 4.41. The van der Waals surface area contributed by atoms with E-state index in [1.54, 1.807) is 42.3 Å². The van der Waals surface area contributed by atoms with Gasteiger partial charge in [-0.05, 0) is 18.2 Å². The van der Waals surface area contributed by atoms with Gasteiger partial charge in [-0.2, -0.15) is 5.10 Å². The van der Waals surface area contributed by atoms with E-state index in [1.807, 2.05) is 0 Å². The van der Waals surface area contributed by atoms with Crippen molar-refractivity contribution in [1.29, 1.82) is 0 Å². The van der Waals surface area contributed by atoms with E-state index in [9.17, 15) is 4.79 Å². The zero-order valence-corrected chi connectivity index (χ0v) is 12.4. The fourth-order valence-electron chi connectivity index (χ4n) is 1.56. The van der Waals surface area contributed by atoms with Gasteiger partial charge < -0.3 is 11.1 Å². The molecule has 0 aliphatic heterocycles. The molecular weight excluding hydrogens is 332 g/mol. The molecule has 0 aliphatic rings. The SMILES string of the molecule is Cn1cc(C(N)C(=O)Nc2cc(Br)ccc2Cl)cn1. The van der Waals surface area contributed by atoms with Gasteiger partial charge >= 0.3 is 0 Å². The van der Waals surface area contributed by atoms with Crippen molar-refractivity contribution < 1.29 is 4.79 Å². The molecular formula is C12H12BrClN4O. The number of aromatic nitrogens is 2. The summed E-state index contributed by atoms with van der Waals surface area (Å²) in [6.07, 6.45) is 3.26. The number of nitrogens with zero attached hydrogens (tertiary/aromatic N) is 2. The molecule has 1 unspecified atom stereocenters. The summed E-state index contributed by atoms with van der Waals surface area (Å²) in [5.74, 6) is -0.340. The van der Waals surface area contributed by atoms with Crippen molar-refractivity contribution in [2.24, 2.45) is 12.8 Å². The largest absolute Gasteiger partial charge is 0.323 e. The number of anilines is 1. The van der Waals surface area contributed by atoms with Crippen molar-refractivity contribution in [3.05, 3.63) is 45.7 Å². The number of nitrogens with two attached hydrogens (primary N) is 1. The first-order valence-corrected chi connectivity index (χ1v) is 6.64. The van der Waals surface area contributed by atoms with Gasteiger partial charge in [-0.15, -0.1) is 0 Å². The first-order chi connectivity index (χ1) is 8.97. The molecule has 1 aromatic carbocycles. The maximum absolute atomic E-state index is 12.0. The Bertz CT molecular complexity index is 614. The maximum atomic E-state index is 12.0. The van der Waals surface area contributed by atoms with E-state index in [1.165, 1.54) is 0 Å². The molecule has 2 aromatic rings. The van der Waals surface area contributed by atoms with Gasteiger partial charge in [0.2, 0.25) is 5.91 Å². The third kappa shape index (κ3) is 3.34. The number of nitrogens with one attached hydrogen (secondary N) is 1. The predicted octanol–water partition coefficient (Wildman–Crippen LogP) is 2.47. The van der Waals surface area contributed by atoms with Crippen LogP contribution in [0.3, 0.4) is 0 Å². The van der Waals surface area contributed by atoms with Crippen molar-refractivity contribution in [2.45, 2.75) is 6.04 Å². The lowest BCUT2D eigenvalue weighted by molar-refractivity contribution is -0.117. The van der Waals surface area contributed by atoms with Crippen LogP contribution in [0.2, 0.25) is 5.02 Å². The van der Waals surface area contributed by atoms with Gasteiger partial charge in [0.15, 0.2) is 0 Å². The fraction of sp³-hybridized carbons (Fsp3) is 0.167. The lowest BCUT2D eigenvalue weighted by Gasteiger charge is -2.12. The van der Waals surface area contributed by atoms with Crippen LogP contribution in [0.15, 0.2) is 35.1 Å². The molecule has 0 saturated carbocycles. The number of amides is 1.